The Bertz CT molecular complexity index is 432. The van der Waals surface area contributed by atoms with Crippen LogP contribution in [0.15, 0.2) is 47.6 Å². The van der Waals surface area contributed by atoms with Crippen molar-refractivity contribution in [2.45, 2.75) is 39.5 Å². The third-order valence-corrected chi connectivity index (χ3v) is 4.90. The summed E-state index contributed by atoms with van der Waals surface area (Å²) in [5.41, 5.74) is 3.16. The minimum Gasteiger partial charge on any atom is -1.00 e. The fraction of sp³-hybridized carbons (Fsp3) is 0.500. The zero-order chi connectivity index (χ0) is 13.9. The Balaban J connectivity index is 0.000000372. The van der Waals surface area contributed by atoms with Gasteiger partial charge < -0.3 is 24.8 Å². The SMILES string of the molecule is CC1[CH-]C2=CC=CCC2C1.CC1[CH-]C2=CC=CCC2C1.[Cl-].[Cl-].[Hf+4]. The number of hydrogen-bond acceptors (Lipinski definition) is 0. The molecular weight excluding hydrogens is 490 g/mol. The fourth-order valence-electron chi connectivity index (χ4n) is 3.93. The van der Waals surface area contributed by atoms with Gasteiger partial charge in [-0.1, -0.05) is 38.5 Å². The second-order valence-corrected chi connectivity index (χ2v) is 6.81. The smallest absolute Gasteiger partial charge is 1.00 e. The van der Waals surface area contributed by atoms with E-state index in [1.54, 1.807) is 11.1 Å². The van der Waals surface area contributed by atoms with Crippen molar-refractivity contribution in [2.75, 3.05) is 0 Å². The van der Waals surface area contributed by atoms with E-state index in [-0.39, 0.29) is 50.7 Å². The molecule has 0 aromatic carbocycles. The molecule has 4 aliphatic carbocycles. The molecule has 0 heterocycles. The second kappa shape index (κ2) is 10.9. The molecule has 23 heavy (non-hydrogen) atoms. The van der Waals surface area contributed by atoms with Crippen molar-refractivity contribution >= 4 is 0 Å². The molecule has 4 atom stereocenters. The summed E-state index contributed by atoms with van der Waals surface area (Å²) in [6, 6.07) is 0. The van der Waals surface area contributed by atoms with E-state index < -0.39 is 0 Å². The molecule has 0 radical (unpaired) electrons. The Morgan fingerprint density at radius 1 is 0.783 bits per heavy atom. The van der Waals surface area contributed by atoms with Crippen LogP contribution in [-0.2, 0) is 25.8 Å². The summed E-state index contributed by atoms with van der Waals surface area (Å²) < 4.78 is 0. The molecule has 2 saturated carbocycles. The maximum absolute atomic E-state index is 2.41. The normalized spacial score (nSPS) is 31.9. The molecule has 0 spiro atoms. The van der Waals surface area contributed by atoms with Crippen LogP contribution in [0.2, 0.25) is 0 Å². The molecule has 0 N–H and O–H groups in total. The molecule has 4 unspecified atom stereocenters. The summed E-state index contributed by atoms with van der Waals surface area (Å²) in [6.07, 6.45) is 23.5. The Morgan fingerprint density at radius 3 is 1.52 bits per heavy atom. The molecule has 0 bridgehead atoms. The van der Waals surface area contributed by atoms with Gasteiger partial charge in [-0.3, -0.25) is 0 Å². The summed E-state index contributed by atoms with van der Waals surface area (Å²) in [4.78, 5) is 0. The fourth-order valence-corrected chi connectivity index (χ4v) is 3.93. The molecule has 0 saturated heterocycles. The molecule has 0 nitrogen and oxygen atoms in total. The van der Waals surface area contributed by atoms with Crippen LogP contribution in [0.1, 0.15) is 39.5 Å². The van der Waals surface area contributed by atoms with Crippen LogP contribution in [0.25, 0.3) is 0 Å². The Labute approximate surface area is 173 Å². The topological polar surface area (TPSA) is 0 Å². The molecule has 0 amide bonds. The van der Waals surface area contributed by atoms with E-state index in [4.69, 9.17) is 0 Å². The maximum Gasteiger partial charge on any atom is 4.00 e. The van der Waals surface area contributed by atoms with Crippen molar-refractivity contribution in [3.63, 3.8) is 0 Å². The Morgan fingerprint density at radius 2 is 1.17 bits per heavy atom. The molecule has 0 aromatic heterocycles. The van der Waals surface area contributed by atoms with Gasteiger partial charge in [0.25, 0.3) is 0 Å². The van der Waals surface area contributed by atoms with Crippen LogP contribution in [-0.4, -0.2) is 0 Å². The molecule has 0 aliphatic heterocycles. The summed E-state index contributed by atoms with van der Waals surface area (Å²) >= 11 is 0. The summed E-state index contributed by atoms with van der Waals surface area (Å²) in [5, 5.41) is 0. The van der Waals surface area contributed by atoms with E-state index in [1.165, 1.54) is 25.7 Å². The minimum atomic E-state index is 0. The Hall–Kier alpha value is 0.150. The van der Waals surface area contributed by atoms with Crippen LogP contribution < -0.4 is 24.8 Å². The van der Waals surface area contributed by atoms with Crippen molar-refractivity contribution in [3.05, 3.63) is 60.4 Å². The standard InChI is InChI=1S/2C10H13.2ClH.Hf/c2*1-8-6-9-4-2-3-5-10(9)7-8;;;/h2*2-4,6,8,10H,5,7H2,1H3;2*1H;/q2*-1;;;+4/p-2. The van der Waals surface area contributed by atoms with Gasteiger partial charge >= 0.3 is 25.8 Å². The van der Waals surface area contributed by atoms with Crippen molar-refractivity contribution in [1.29, 1.82) is 0 Å². The van der Waals surface area contributed by atoms with E-state index in [0.717, 1.165) is 23.7 Å². The number of allylic oxidation sites excluding steroid dienone is 8. The van der Waals surface area contributed by atoms with Gasteiger partial charge in [0.05, 0.1) is 0 Å². The van der Waals surface area contributed by atoms with E-state index in [1.807, 2.05) is 0 Å². The van der Waals surface area contributed by atoms with E-state index in [9.17, 15) is 0 Å². The first-order valence-electron chi connectivity index (χ1n) is 8.15. The summed E-state index contributed by atoms with van der Waals surface area (Å²) in [6.45, 7) is 4.61. The first-order chi connectivity index (χ1) is 9.72. The predicted octanol–water partition coefficient (Wildman–Crippen LogP) is -0.529. The van der Waals surface area contributed by atoms with Gasteiger partial charge in [0.1, 0.15) is 0 Å². The van der Waals surface area contributed by atoms with Crippen molar-refractivity contribution in [1.82, 2.24) is 0 Å². The monoisotopic (exact) mass is 516 g/mol. The number of fused-ring (bicyclic) bond motifs is 2. The van der Waals surface area contributed by atoms with Crippen LogP contribution in [0.4, 0.5) is 0 Å². The molecular formula is C20H26Cl2Hf. The van der Waals surface area contributed by atoms with E-state index in [2.05, 4.69) is 63.1 Å². The molecule has 4 aliphatic rings. The van der Waals surface area contributed by atoms with Crippen LogP contribution >= 0.6 is 0 Å². The number of halogens is 2. The van der Waals surface area contributed by atoms with Gasteiger partial charge in [-0.2, -0.15) is 0 Å². The van der Waals surface area contributed by atoms with Crippen LogP contribution in [0, 0.1) is 36.5 Å². The van der Waals surface area contributed by atoms with E-state index >= 15 is 0 Å². The molecule has 2 fully saturated rings. The van der Waals surface area contributed by atoms with Gasteiger partial charge in [0.15, 0.2) is 0 Å². The van der Waals surface area contributed by atoms with Crippen molar-refractivity contribution < 1.29 is 50.7 Å². The predicted molar refractivity (Wildman–Crippen MR) is 86.8 cm³/mol. The van der Waals surface area contributed by atoms with E-state index in [0.29, 0.717) is 0 Å². The maximum atomic E-state index is 2.41. The minimum absolute atomic E-state index is 0. The molecule has 124 valence electrons. The first kappa shape index (κ1) is 23.2. The largest absolute Gasteiger partial charge is 4.00 e. The Kier molecular flexibility index (Phi) is 11.0. The quantitative estimate of drug-likeness (QED) is 0.301. The van der Waals surface area contributed by atoms with Gasteiger partial charge in [0.2, 0.25) is 0 Å². The van der Waals surface area contributed by atoms with Gasteiger partial charge in [-0.15, -0.1) is 24.3 Å². The summed E-state index contributed by atoms with van der Waals surface area (Å²) in [7, 11) is 0. The van der Waals surface area contributed by atoms with Crippen molar-refractivity contribution in [3.8, 4) is 0 Å². The molecule has 3 heteroatoms. The molecule has 0 aromatic rings. The number of rotatable bonds is 0. The van der Waals surface area contributed by atoms with Gasteiger partial charge in [-0.25, -0.2) is 36.1 Å². The van der Waals surface area contributed by atoms with Crippen LogP contribution in [0.5, 0.6) is 0 Å². The van der Waals surface area contributed by atoms with Crippen molar-refractivity contribution in [2.24, 2.45) is 23.7 Å². The summed E-state index contributed by atoms with van der Waals surface area (Å²) in [5.74, 6) is 3.35. The second-order valence-electron chi connectivity index (χ2n) is 6.81. The number of hydrogen-bond donors (Lipinski definition) is 0. The average molecular weight is 516 g/mol. The zero-order valence-corrected chi connectivity index (χ0v) is 19.1. The zero-order valence-electron chi connectivity index (χ0n) is 14.0. The first-order valence-corrected chi connectivity index (χ1v) is 8.15. The van der Waals surface area contributed by atoms with Gasteiger partial charge in [0, 0.05) is 0 Å². The molecule has 4 rings (SSSR count). The van der Waals surface area contributed by atoms with Crippen LogP contribution in [0.3, 0.4) is 0 Å². The third-order valence-electron chi connectivity index (χ3n) is 4.90. The third kappa shape index (κ3) is 6.18. The van der Waals surface area contributed by atoms with Gasteiger partial charge in [-0.05, 0) is 24.7 Å². The average Bonchev–Trinajstić information content (AvgIpc) is 2.99.